The van der Waals surface area contributed by atoms with Gasteiger partial charge in [0, 0.05) is 13.1 Å². The van der Waals surface area contributed by atoms with Gasteiger partial charge >= 0.3 is 5.97 Å². The van der Waals surface area contributed by atoms with Gasteiger partial charge in [0.1, 0.15) is 18.1 Å². The maximum atomic E-state index is 13.0. The number of rotatable bonds is 14. The molecule has 9 N–H and O–H groups in total. The lowest BCUT2D eigenvalue weighted by Gasteiger charge is -2.29. The van der Waals surface area contributed by atoms with Crippen molar-refractivity contribution in [3.63, 3.8) is 0 Å². The summed E-state index contributed by atoms with van der Waals surface area (Å²) in [5.74, 6) is -2.19. The minimum Gasteiger partial charge on any atom is -0.480 e. The fourth-order valence-corrected chi connectivity index (χ4v) is 4.18. The van der Waals surface area contributed by atoms with E-state index in [2.05, 4.69) is 15.6 Å². The second kappa shape index (κ2) is 14.7. The van der Waals surface area contributed by atoms with E-state index in [1.165, 1.54) is 4.90 Å². The van der Waals surface area contributed by atoms with Crippen molar-refractivity contribution >= 4 is 41.4 Å². The monoisotopic (exact) mass is 501 g/mol. The van der Waals surface area contributed by atoms with Crippen LogP contribution < -0.4 is 27.8 Å². The predicted octanol–water partition coefficient (Wildman–Crippen LogP) is -1.18. The number of nitrogens with zero attached hydrogens (tertiary/aromatic N) is 2. The van der Waals surface area contributed by atoms with E-state index in [0.717, 1.165) is 5.75 Å². The van der Waals surface area contributed by atoms with Crippen molar-refractivity contribution < 1.29 is 24.3 Å². The van der Waals surface area contributed by atoms with Crippen LogP contribution in [0.15, 0.2) is 4.99 Å². The summed E-state index contributed by atoms with van der Waals surface area (Å²) in [6.45, 7) is 4.15. The number of carboxylic acid groups (broad SMARTS) is 1. The first-order chi connectivity index (χ1) is 16.0. The topological polar surface area (TPSA) is 206 Å². The molecule has 1 rings (SSSR count). The Morgan fingerprint density at radius 1 is 1.18 bits per heavy atom. The number of carboxylic acids is 1. The number of nitrogens with one attached hydrogen (secondary N) is 2. The Kier molecular flexibility index (Phi) is 12.7. The lowest BCUT2D eigenvalue weighted by atomic mass is 10.0. The van der Waals surface area contributed by atoms with Gasteiger partial charge < -0.3 is 37.8 Å². The highest BCUT2D eigenvalue weighted by Crippen LogP contribution is 2.20. The molecular weight excluding hydrogens is 462 g/mol. The Balaban J connectivity index is 2.80. The average Bonchev–Trinajstić information content (AvgIpc) is 3.26. The van der Waals surface area contributed by atoms with Gasteiger partial charge in [0.25, 0.3) is 0 Å². The van der Waals surface area contributed by atoms with Crippen LogP contribution in [0.3, 0.4) is 0 Å². The van der Waals surface area contributed by atoms with Crippen LogP contribution in [0.25, 0.3) is 0 Å². The molecule has 34 heavy (non-hydrogen) atoms. The van der Waals surface area contributed by atoms with E-state index < -0.39 is 42.0 Å². The fraction of sp³-hybridized carbons (Fsp3) is 0.762. The zero-order chi connectivity index (χ0) is 25.8. The highest BCUT2D eigenvalue weighted by molar-refractivity contribution is 7.98. The molecule has 194 valence electrons. The Morgan fingerprint density at radius 2 is 1.85 bits per heavy atom. The number of hydrogen-bond acceptors (Lipinski definition) is 7. The summed E-state index contributed by atoms with van der Waals surface area (Å²) in [6.07, 6.45) is 4.05. The second-order valence-electron chi connectivity index (χ2n) is 8.66. The van der Waals surface area contributed by atoms with Crippen LogP contribution in [-0.2, 0) is 19.2 Å². The summed E-state index contributed by atoms with van der Waals surface area (Å²) < 4.78 is 0. The smallest absolute Gasteiger partial charge is 0.326 e. The Labute approximate surface area is 204 Å². The molecular formula is C21H39N7O5S. The molecule has 1 aliphatic heterocycles. The third kappa shape index (κ3) is 9.37. The molecule has 12 nitrogen and oxygen atoms in total. The van der Waals surface area contributed by atoms with Crippen LogP contribution in [0.4, 0.5) is 0 Å². The molecule has 1 saturated heterocycles. The van der Waals surface area contributed by atoms with E-state index in [-0.39, 0.29) is 30.8 Å². The van der Waals surface area contributed by atoms with Gasteiger partial charge in [0.2, 0.25) is 17.7 Å². The molecule has 13 heteroatoms. The Bertz CT molecular complexity index is 745. The van der Waals surface area contributed by atoms with Crippen molar-refractivity contribution in [2.45, 2.75) is 70.1 Å². The summed E-state index contributed by atoms with van der Waals surface area (Å²) in [5, 5.41) is 14.7. The SMILES string of the molecule is CSCCC(N)C(=O)N1CCCC1C(=O)NC(C(=O)NC(CCCN=C(N)N)C(=O)O)C(C)C. The number of nitrogens with two attached hydrogens (primary N) is 3. The van der Waals surface area contributed by atoms with Crippen molar-refractivity contribution in [2.24, 2.45) is 28.1 Å². The molecule has 0 aliphatic carbocycles. The van der Waals surface area contributed by atoms with Gasteiger partial charge in [-0.05, 0) is 50.0 Å². The maximum absolute atomic E-state index is 13.0. The molecule has 0 aromatic carbocycles. The molecule has 0 aromatic heterocycles. The van der Waals surface area contributed by atoms with Crippen molar-refractivity contribution in [1.29, 1.82) is 0 Å². The number of aliphatic imine (C=N–C) groups is 1. The first-order valence-electron chi connectivity index (χ1n) is 11.4. The molecule has 1 aliphatic rings. The number of aliphatic carboxylic acids is 1. The molecule has 0 radical (unpaired) electrons. The lowest BCUT2D eigenvalue weighted by molar-refractivity contribution is -0.143. The number of hydrogen-bond donors (Lipinski definition) is 6. The molecule has 4 atom stereocenters. The first-order valence-corrected chi connectivity index (χ1v) is 12.8. The molecule has 0 spiro atoms. The van der Waals surface area contributed by atoms with E-state index >= 15 is 0 Å². The van der Waals surface area contributed by atoms with E-state index in [1.807, 2.05) is 6.26 Å². The van der Waals surface area contributed by atoms with E-state index in [1.54, 1.807) is 25.6 Å². The highest BCUT2D eigenvalue weighted by Gasteiger charge is 2.38. The van der Waals surface area contributed by atoms with E-state index in [9.17, 15) is 24.3 Å². The fourth-order valence-electron chi connectivity index (χ4n) is 3.69. The standard InChI is InChI=1S/C21H39N7O5S/c1-12(2)16(18(30)26-14(20(32)33)6-4-9-25-21(23)24)27-17(29)15-7-5-10-28(15)19(31)13(22)8-11-34-3/h12-16H,4-11,22H2,1-3H3,(H,26,30)(H,27,29)(H,32,33)(H4,23,24,25). The summed E-state index contributed by atoms with van der Waals surface area (Å²) in [6, 6.07) is -3.51. The number of guanidine groups is 1. The predicted molar refractivity (Wildman–Crippen MR) is 132 cm³/mol. The summed E-state index contributed by atoms with van der Waals surface area (Å²) >= 11 is 1.59. The van der Waals surface area contributed by atoms with Crippen LogP contribution in [0.2, 0.25) is 0 Å². The average molecular weight is 502 g/mol. The molecule has 1 heterocycles. The minimum absolute atomic E-state index is 0.0943. The van der Waals surface area contributed by atoms with Gasteiger partial charge in [-0.25, -0.2) is 4.79 Å². The van der Waals surface area contributed by atoms with Crippen LogP contribution in [-0.4, -0.2) is 88.9 Å². The van der Waals surface area contributed by atoms with Crippen molar-refractivity contribution in [2.75, 3.05) is 25.1 Å². The number of carbonyl (C=O) groups excluding carboxylic acids is 3. The van der Waals surface area contributed by atoms with Gasteiger partial charge in [-0.2, -0.15) is 11.8 Å². The normalized spacial score (nSPS) is 18.1. The molecule has 0 saturated carbocycles. The van der Waals surface area contributed by atoms with Crippen molar-refractivity contribution in [1.82, 2.24) is 15.5 Å². The third-order valence-electron chi connectivity index (χ3n) is 5.60. The van der Waals surface area contributed by atoms with Crippen molar-refractivity contribution in [3.8, 4) is 0 Å². The van der Waals surface area contributed by atoms with Gasteiger partial charge in [-0.3, -0.25) is 19.4 Å². The molecule has 0 bridgehead atoms. The molecule has 3 amide bonds. The quantitative estimate of drug-likeness (QED) is 0.0960. The van der Waals surface area contributed by atoms with E-state index in [4.69, 9.17) is 17.2 Å². The molecule has 1 fully saturated rings. The van der Waals surface area contributed by atoms with Crippen LogP contribution in [0.1, 0.15) is 46.0 Å². The van der Waals surface area contributed by atoms with Gasteiger partial charge in [0.05, 0.1) is 6.04 Å². The van der Waals surface area contributed by atoms with Crippen LogP contribution in [0, 0.1) is 5.92 Å². The largest absolute Gasteiger partial charge is 0.480 e. The van der Waals surface area contributed by atoms with Crippen LogP contribution >= 0.6 is 11.8 Å². The Morgan fingerprint density at radius 3 is 2.41 bits per heavy atom. The number of thioether (sulfide) groups is 1. The lowest BCUT2D eigenvalue weighted by Crippen LogP contribution is -2.58. The zero-order valence-corrected chi connectivity index (χ0v) is 21.0. The first kappa shape index (κ1) is 29.5. The summed E-state index contributed by atoms with van der Waals surface area (Å²) in [7, 11) is 0. The summed E-state index contributed by atoms with van der Waals surface area (Å²) in [5.41, 5.74) is 16.5. The molecule has 4 unspecified atom stereocenters. The number of likely N-dealkylation sites (tertiary alicyclic amines) is 1. The van der Waals surface area contributed by atoms with Gasteiger partial charge in [-0.1, -0.05) is 13.8 Å². The number of amides is 3. The molecule has 0 aromatic rings. The van der Waals surface area contributed by atoms with Crippen molar-refractivity contribution in [3.05, 3.63) is 0 Å². The second-order valence-corrected chi connectivity index (χ2v) is 9.64. The zero-order valence-electron chi connectivity index (χ0n) is 20.2. The minimum atomic E-state index is -1.20. The Hall–Kier alpha value is -2.54. The van der Waals surface area contributed by atoms with Crippen LogP contribution in [0.5, 0.6) is 0 Å². The van der Waals surface area contributed by atoms with E-state index in [0.29, 0.717) is 32.2 Å². The van der Waals surface area contributed by atoms with Gasteiger partial charge in [0.15, 0.2) is 5.96 Å². The maximum Gasteiger partial charge on any atom is 0.326 e. The number of carbonyl (C=O) groups is 4. The highest BCUT2D eigenvalue weighted by atomic mass is 32.2. The third-order valence-corrected chi connectivity index (χ3v) is 6.24. The summed E-state index contributed by atoms with van der Waals surface area (Å²) in [4.78, 5) is 55.5. The van der Waals surface area contributed by atoms with Gasteiger partial charge in [-0.15, -0.1) is 0 Å².